The number of anilines is 3. The molecule has 0 unspecified atom stereocenters. The van der Waals surface area contributed by atoms with E-state index < -0.39 is 0 Å². The van der Waals surface area contributed by atoms with Crippen molar-refractivity contribution in [2.45, 2.75) is 0 Å². The quantitative estimate of drug-likeness (QED) is 0.173. The van der Waals surface area contributed by atoms with Crippen LogP contribution in [0.2, 0.25) is 0 Å². The van der Waals surface area contributed by atoms with Crippen molar-refractivity contribution in [3.63, 3.8) is 0 Å². The minimum Gasteiger partial charge on any atom is -0.456 e. The van der Waals surface area contributed by atoms with Crippen molar-refractivity contribution in [2.75, 3.05) is 4.90 Å². The van der Waals surface area contributed by atoms with Crippen LogP contribution in [0.4, 0.5) is 17.1 Å². The molecule has 0 radical (unpaired) electrons. The van der Waals surface area contributed by atoms with Crippen LogP contribution in [0.25, 0.3) is 88.0 Å². The van der Waals surface area contributed by atoms with Gasteiger partial charge in [0.05, 0.1) is 22.1 Å². The van der Waals surface area contributed by atoms with Crippen LogP contribution < -0.4 is 4.90 Å². The first-order chi connectivity index (χ1) is 27.3. The van der Waals surface area contributed by atoms with Crippen molar-refractivity contribution in [1.29, 1.82) is 0 Å². The van der Waals surface area contributed by atoms with Crippen LogP contribution >= 0.6 is 0 Å². The van der Waals surface area contributed by atoms with Gasteiger partial charge in [0.15, 0.2) is 0 Å². The van der Waals surface area contributed by atoms with Gasteiger partial charge in [0.1, 0.15) is 22.3 Å². The number of hydrogen-bond donors (Lipinski definition) is 0. The Hall–Kier alpha value is -7.36. The van der Waals surface area contributed by atoms with Crippen molar-refractivity contribution in [3.8, 4) is 33.4 Å². The molecule has 0 aliphatic heterocycles. The van der Waals surface area contributed by atoms with E-state index in [-0.39, 0.29) is 0 Å². The zero-order valence-electron chi connectivity index (χ0n) is 29.8. The topological polar surface area (TPSA) is 29.5 Å². The van der Waals surface area contributed by atoms with Gasteiger partial charge in [-0.05, 0) is 93.4 Å². The van der Waals surface area contributed by atoms with Crippen molar-refractivity contribution < 1.29 is 8.83 Å². The van der Waals surface area contributed by atoms with E-state index in [0.717, 1.165) is 82.8 Å². The van der Waals surface area contributed by atoms with Gasteiger partial charge >= 0.3 is 0 Å². The summed E-state index contributed by atoms with van der Waals surface area (Å²) < 4.78 is 13.1. The van der Waals surface area contributed by atoms with E-state index in [1.165, 1.54) is 22.3 Å². The zero-order valence-corrected chi connectivity index (χ0v) is 29.8. The van der Waals surface area contributed by atoms with Gasteiger partial charge in [0.2, 0.25) is 0 Å². The van der Waals surface area contributed by atoms with Crippen LogP contribution in [0, 0.1) is 0 Å². The van der Waals surface area contributed by atoms with Gasteiger partial charge in [-0.15, -0.1) is 0 Å². The molecule has 0 aliphatic rings. The molecule has 2 heterocycles. The lowest BCUT2D eigenvalue weighted by molar-refractivity contribution is 0.669. The number of fused-ring (bicyclic) bond motifs is 8. The van der Waals surface area contributed by atoms with E-state index in [4.69, 9.17) is 8.83 Å². The first kappa shape index (κ1) is 31.2. The van der Waals surface area contributed by atoms with E-state index >= 15 is 0 Å². The Balaban J connectivity index is 1.12. The number of benzene rings is 9. The van der Waals surface area contributed by atoms with Crippen LogP contribution in [0.15, 0.2) is 209 Å². The molecule has 0 N–H and O–H groups in total. The molecule has 0 aliphatic carbocycles. The van der Waals surface area contributed by atoms with Gasteiger partial charge in [-0.3, -0.25) is 0 Å². The molecular formula is C52H33NO2. The predicted octanol–water partition coefficient (Wildman–Crippen LogP) is 15.1. The lowest BCUT2D eigenvalue weighted by atomic mass is 9.91. The maximum absolute atomic E-state index is 6.69. The van der Waals surface area contributed by atoms with E-state index in [2.05, 4.69) is 193 Å². The van der Waals surface area contributed by atoms with Gasteiger partial charge < -0.3 is 13.7 Å². The van der Waals surface area contributed by atoms with Crippen LogP contribution in [0.5, 0.6) is 0 Å². The van der Waals surface area contributed by atoms with E-state index in [0.29, 0.717) is 0 Å². The third-order valence-electron chi connectivity index (χ3n) is 10.9. The summed E-state index contributed by atoms with van der Waals surface area (Å²) in [5.41, 5.74) is 13.7. The average molecular weight is 704 g/mol. The predicted molar refractivity (Wildman–Crippen MR) is 229 cm³/mol. The fraction of sp³-hybridized carbons (Fsp3) is 0. The molecule has 3 heteroatoms. The second-order valence-electron chi connectivity index (χ2n) is 14.0. The molecule has 0 saturated carbocycles. The number of hydrogen-bond acceptors (Lipinski definition) is 3. The van der Waals surface area contributed by atoms with Gasteiger partial charge in [0.25, 0.3) is 0 Å². The summed E-state index contributed by atoms with van der Waals surface area (Å²) in [6.07, 6.45) is 0. The van der Waals surface area contributed by atoms with Crippen LogP contribution in [0.1, 0.15) is 0 Å². The van der Waals surface area contributed by atoms with Crippen molar-refractivity contribution in [3.05, 3.63) is 200 Å². The monoisotopic (exact) mass is 703 g/mol. The highest BCUT2D eigenvalue weighted by atomic mass is 16.3. The lowest BCUT2D eigenvalue weighted by Gasteiger charge is -2.27. The molecule has 11 rings (SSSR count). The molecule has 55 heavy (non-hydrogen) atoms. The van der Waals surface area contributed by atoms with Gasteiger partial charge in [-0.25, -0.2) is 0 Å². The zero-order chi connectivity index (χ0) is 36.3. The van der Waals surface area contributed by atoms with Crippen LogP contribution in [-0.4, -0.2) is 0 Å². The molecule has 258 valence electrons. The fourth-order valence-corrected chi connectivity index (χ4v) is 8.32. The van der Waals surface area contributed by atoms with E-state index in [1.807, 2.05) is 12.1 Å². The minimum atomic E-state index is 0.849. The Morgan fingerprint density at radius 3 is 1.65 bits per heavy atom. The largest absolute Gasteiger partial charge is 0.456 e. The van der Waals surface area contributed by atoms with Gasteiger partial charge in [0, 0.05) is 21.8 Å². The molecular weight excluding hydrogens is 671 g/mol. The molecule has 11 aromatic rings. The van der Waals surface area contributed by atoms with Gasteiger partial charge in [-0.1, -0.05) is 146 Å². The molecule has 0 spiro atoms. The van der Waals surface area contributed by atoms with Crippen LogP contribution in [0.3, 0.4) is 0 Å². The van der Waals surface area contributed by atoms with Crippen molar-refractivity contribution >= 4 is 71.7 Å². The normalized spacial score (nSPS) is 11.6. The molecule has 0 fully saturated rings. The Labute approximate surface area is 317 Å². The standard InChI is InChI=1S/C52H33NO2/c1-3-13-35(14-4-1)40-31-28-38(33-44(40)36-15-5-2-6-16-36)34-25-29-39(30-26-34)53(45-20-11-23-48-50(45)42-19-9-10-22-47(42)54-48)46-21-12-24-49-51(46)43-32-27-37-17-7-8-18-41(37)52(43)55-49/h1-33H. The number of furan rings is 2. The van der Waals surface area contributed by atoms with E-state index in [1.54, 1.807) is 0 Å². The second-order valence-corrected chi connectivity index (χ2v) is 14.0. The molecule has 0 bridgehead atoms. The van der Waals surface area contributed by atoms with Crippen molar-refractivity contribution in [2.24, 2.45) is 0 Å². The molecule has 9 aromatic carbocycles. The van der Waals surface area contributed by atoms with E-state index in [9.17, 15) is 0 Å². The third kappa shape index (κ3) is 5.13. The number of para-hydroxylation sites is 1. The summed E-state index contributed by atoms with van der Waals surface area (Å²) in [6, 6.07) is 70.9. The molecule has 2 aromatic heterocycles. The second kappa shape index (κ2) is 12.6. The summed E-state index contributed by atoms with van der Waals surface area (Å²) in [6.45, 7) is 0. The molecule has 0 saturated heterocycles. The summed E-state index contributed by atoms with van der Waals surface area (Å²) in [7, 11) is 0. The van der Waals surface area contributed by atoms with Crippen molar-refractivity contribution in [1.82, 2.24) is 0 Å². The first-order valence-electron chi connectivity index (χ1n) is 18.7. The highest BCUT2D eigenvalue weighted by Crippen LogP contribution is 2.48. The maximum atomic E-state index is 6.69. The Morgan fingerprint density at radius 2 is 0.909 bits per heavy atom. The lowest BCUT2D eigenvalue weighted by Crippen LogP contribution is -2.10. The Morgan fingerprint density at radius 1 is 0.327 bits per heavy atom. The molecule has 0 atom stereocenters. The highest BCUT2D eigenvalue weighted by molar-refractivity contribution is 6.21. The fourth-order valence-electron chi connectivity index (χ4n) is 8.32. The third-order valence-corrected chi connectivity index (χ3v) is 10.9. The summed E-state index contributed by atoms with van der Waals surface area (Å²) in [4.78, 5) is 2.37. The first-order valence-corrected chi connectivity index (χ1v) is 18.7. The summed E-state index contributed by atoms with van der Waals surface area (Å²) in [5.74, 6) is 0. The van der Waals surface area contributed by atoms with Crippen LogP contribution in [-0.2, 0) is 0 Å². The average Bonchev–Trinajstić information content (AvgIpc) is 3.84. The minimum absolute atomic E-state index is 0.849. The number of rotatable bonds is 6. The summed E-state index contributed by atoms with van der Waals surface area (Å²) >= 11 is 0. The maximum Gasteiger partial charge on any atom is 0.143 e. The molecule has 0 amide bonds. The Bertz CT molecular complexity index is 3190. The number of nitrogens with zero attached hydrogens (tertiary/aromatic N) is 1. The highest BCUT2D eigenvalue weighted by Gasteiger charge is 2.23. The molecule has 3 nitrogen and oxygen atoms in total. The smallest absolute Gasteiger partial charge is 0.143 e. The summed E-state index contributed by atoms with van der Waals surface area (Å²) in [5, 5.41) is 6.57. The SMILES string of the molecule is c1ccc(-c2ccc(-c3ccc(N(c4cccc5oc6ccccc6c45)c4cccc5oc6c7ccccc7ccc6c45)cc3)cc2-c2ccccc2)cc1. The van der Waals surface area contributed by atoms with Gasteiger partial charge in [-0.2, -0.15) is 0 Å². The Kier molecular flexibility index (Phi) is 7.17.